The van der Waals surface area contributed by atoms with E-state index in [-0.39, 0.29) is 58.8 Å². The summed E-state index contributed by atoms with van der Waals surface area (Å²) in [4.78, 5) is 40.1. The van der Waals surface area contributed by atoms with Crippen LogP contribution in [0.1, 0.15) is 134 Å². The Labute approximate surface area is 337 Å². The highest BCUT2D eigenvalue weighted by Crippen LogP contribution is 2.87. The Morgan fingerprint density at radius 2 is 1.61 bits per heavy atom. The van der Waals surface area contributed by atoms with Crippen molar-refractivity contribution in [3.05, 3.63) is 0 Å². The molecule has 3 heterocycles. The number of hydrogen-bond donors (Lipinski definition) is 1. The first kappa shape index (κ1) is 43.9. The maximum Gasteiger partial charge on any atom is 0.410 e. The topological polar surface area (TPSA) is 124 Å². The van der Waals surface area contributed by atoms with Crippen molar-refractivity contribution in [3.63, 3.8) is 0 Å². The lowest BCUT2D eigenvalue weighted by molar-refractivity contribution is -0.250. The van der Waals surface area contributed by atoms with Crippen LogP contribution >= 0.6 is 0 Å². The Kier molecular flexibility index (Phi) is 12.4. The van der Waals surface area contributed by atoms with Crippen molar-refractivity contribution in [2.45, 2.75) is 182 Å². The lowest BCUT2D eigenvalue weighted by Crippen LogP contribution is -2.64. The van der Waals surface area contributed by atoms with Crippen LogP contribution in [0.2, 0.25) is 0 Å². The summed E-state index contributed by atoms with van der Waals surface area (Å²) in [5.41, 5.74) is -0.958. The summed E-state index contributed by atoms with van der Waals surface area (Å²) in [5, 5.41) is 10.8. The molecule has 3 aliphatic heterocycles. The van der Waals surface area contributed by atoms with E-state index in [1.807, 2.05) is 34.6 Å². The lowest BCUT2D eigenvalue weighted by atomic mass is 9.46. The Morgan fingerprint density at radius 3 is 2.23 bits per heavy atom. The van der Waals surface area contributed by atoms with Gasteiger partial charge in [-0.3, -0.25) is 9.69 Å². The van der Waals surface area contributed by atoms with Gasteiger partial charge < -0.3 is 38.5 Å². The van der Waals surface area contributed by atoms with E-state index < -0.39 is 17.3 Å². The molecule has 11 nitrogen and oxygen atoms in total. The number of carbonyl (C=O) groups excluding carboxylic acids is 3. The minimum Gasteiger partial charge on any atom is -0.444 e. The molecule has 5 aliphatic carbocycles. The van der Waals surface area contributed by atoms with Crippen LogP contribution in [0.25, 0.3) is 0 Å². The summed E-state index contributed by atoms with van der Waals surface area (Å²) >= 11 is 0. The third-order valence-electron chi connectivity index (χ3n) is 16.0. The number of carbonyl (C=O) groups is 3. The maximum absolute atomic E-state index is 14.6. The number of aliphatic hydroxyl groups is 1. The molecule has 12 atom stereocenters. The average molecular weight is 789 g/mol. The molecule has 56 heavy (non-hydrogen) atoms. The summed E-state index contributed by atoms with van der Waals surface area (Å²) in [7, 11) is 1.64. The number of fused-ring (bicyclic) bond motifs is 4. The monoisotopic (exact) mass is 789 g/mol. The number of morpholine rings is 1. The summed E-state index contributed by atoms with van der Waals surface area (Å²) in [6.07, 6.45) is 9.18. The fourth-order valence-corrected chi connectivity index (χ4v) is 13.7. The van der Waals surface area contributed by atoms with E-state index in [4.69, 9.17) is 28.5 Å². The van der Waals surface area contributed by atoms with Crippen molar-refractivity contribution in [1.29, 1.82) is 0 Å². The predicted octanol–water partition coefficient (Wildman–Crippen LogP) is 7.05. The highest BCUT2D eigenvalue weighted by Gasteiger charge is 2.82. The number of methoxy groups -OCH3 is 1. The molecule has 5 saturated carbocycles. The number of aldehydes is 1. The Hall–Kier alpha value is -1.63. The molecule has 320 valence electrons. The van der Waals surface area contributed by atoms with Crippen molar-refractivity contribution in [3.8, 4) is 0 Å². The van der Waals surface area contributed by atoms with Crippen LogP contribution in [-0.4, -0.2) is 121 Å². The van der Waals surface area contributed by atoms with E-state index in [0.29, 0.717) is 48.8 Å². The van der Waals surface area contributed by atoms with Gasteiger partial charge in [0.15, 0.2) is 12.1 Å². The molecule has 0 bridgehead atoms. The first-order chi connectivity index (χ1) is 26.3. The van der Waals surface area contributed by atoms with E-state index in [9.17, 15) is 14.7 Å². The van der Waals surface area contributed by atoms with E-state index in [0.717, 1.165) is 57.9 Å². The molecule has 0 radical (unpaired) electrons. The van der Waals surface area contributed by atoms with Gasteiger partial charge in [-0.15, -0.1) is 0 Å². The molecule has 11 heteroatoms. The molecule has 1 amide bonds. The summed E-state index contributed by atoms with van der Waals surface area (Å²) in [6.45, 7) is 25.7. The van der Waals surface area contributed by atoms with Gasteiger partial charge in [-0.1, -0.05) is 34.6 Å². The van der Waals surface area contributed by atoms with Crippen LogP contribution in [0, 0.1) is 45.3 Å². The van der Waals surface area contributed by atoms with Crippen molar-refractivity contribution in [1.82, 2.24) is 9.80 Å². The molecule has 3 saturated heterocycles. The molecule has 0 aromatic rings. The minimum absolute atomic E-state index is 0.0129. The van der Waals surface area contributed by atoms with Crippen molar-refractivity contribution in [2.24, 2.45) is 45.3 Å². The molecule has 8 rings (SSSR count). The molecule has 0 aromatic carbocycles. The Bertz CT molecular complexity index is 1430. The van der Waals surface area contributed by atoms with Crippen LogP contribution in [0.5, 0.6) is 0 Å². The minimum atomic E-state index is -1.03. The van der Waals surface area contributed by atoms with Crippen molar-refractivity contribution >= 4 is 18.2 Å². The van der Waals surface area contributed by atoms with Gasteiger partial charge in [-0.2, -0.15) is 0 Å². The predicted molar refractivity (Wildman–Crippen MR) is 214 cm³/mol. The fraction of sp³-hybridized carbons (Fsp3) is 0.933. The molecule has 8 fully saturated rings. The van der Waals surface area contributed by atoms with Gasteiger partial charge in [0.1, 0.15) is 24.1 Å². The first-order valence-electron chi connectivity index (χ1n) is 22.1. The van der Waals surface area contributed by atoms with Gasteiger partial charge in [0.05, 0.1) is 31.0 Å². The standard InChI is InChI=1S/C41H66N2O8.C2H4O.C2H6/c1-36(2,3)51-35(45)43-20-24(21-43)42-18-19-48-30(22-42)50-29-14-15-41-23-40(41)17-16-39(8)26-10-12-27(34(47-9)38(6,7)46)49-33(26)32(44)31(39)25(40)11-13-28(41)37(29,4)5;1-2-3;1-2/h24-31,33-34,46H,10-23H2,1-9H3;2H,1H3;1-2H3. The lowest BCUT2D eigenvalue weighted by Gasteiger charge is -2.59. The van der Waals surface area contributed by atoms with Gasteiger partial charge in [-0.05, 0) is 139 Å². The zero-order valence-electron chi connectivity index (χ0n) is 36.9. The van der Waals surface area contributed by atoms with E-state index in [1.54, 1.807) is 25.9 Å². The maximum atomic E-state index is 14.6. The van der Waals surface area contributed by atoms with Crippen LogP contribution < -0.4 is 0 Å². The van der Waals surface area contributed by atoms with Gasteiger partial charge in [0.2, 0.25) is 0 Å². The number of Topliss-reactive ketones (excluding diaryl/α,β-unsaturated/α-hetero) is 1. The second-order valence-corrected chi connectivity index (χ2v) is 20.8. The molecule has 8 aliphatic rings. The number of amides is 1. The van der Waals surface area contributed by atoms with Crippen LogP contribution in [-0.2, 0) is 33.3 Å². The highest BCUT2D eigenvalue weighted by molar-refractivity contribution is 5.90. The van der Waals surface area contributed by atoms with Crippen LogP contribution in [0.15, 0.2) is 0 Å². The van der Waals surface area contributed by atoms with Gasteiger partial charge in [0, 0.05) is 38.7 Å². The molecule has 2 spiro atoms. The molecular weight excluding hydrogens is 712 g/mol. The Morgan fingerprint density at radius 1 is 0.946 bits per heavy atom. The SMILES string of the molecule is CC.CC=O.COC(C1CCC2C(O1)C(=O)C1C3CCC4C(C)(C)C(OC5CN(C6CN(C(=O)OC(C)(C)C)C6)CCO5)CCC45CC35CCC21C)C(C)(C)O. The van der Waals surface area contributed by atoms with E-state index in [1.165, 1.54) is 26.2 Å². The fourth-order valence-electron chi connectivity index (χ4n) is 13.7. The average Bonchev–Trinajstić information content (AvgIpc) is 3.71. The number of likely N-dealkylation sites (tertiary alicyclic amines) is 1. The van der Waals surface area contributed by atoms with Crippen LogP contribution in [0.4, 0.5) is 4.79 Å². The zero-order chi connectivity index (χ0) is 41.2. The van der Waals surface area contributed by atoms with Crippen LogP contribution in [0.3, 0.4) is 0 Å². The largest absolute Gasteiger partial charge is 0.444 e. The number of nitrogens with zero attached hydrogens (tertiary/aromatic N) is 2. The normalized spacial score (nSPS) is 42.0. The van der Waals surface area contributed by atoms with E-state index in [2.05, 4.69) is 25.7 Å². The van der Waals surface area contributed by atoms with Gasteiger partial charge in [-0.25, -0.2) is 4.79 Å². The molecule has 0 aromatic heterocycles. The first-order valence-corrected chi connectivity index (χ1v) is 22.1. The number of rotatable bonds is 6. The summed E-state index contributed by atoms with van der Waals surface area (Å²) in [5.74, 6) is 1.68. The van der Waals surface area contributed by atoms with Crippen molar-refractivity contribution < 1.29 is 43.2 Å². The van der Waals surface area contributed by atoms with Crippen molar-refractivity contribution in [2.75, 3.05) is 39.9 Å². The third-order valence-corrected chi connectivity index (χ3v) is 16.0. The molecular formula is C45H76N2O9. The smallest absolute Gasteiger partial charge is 0.410 e. The Balaban J connectivity index is 0.00000102. The summed E-state index contributed by atoms with van der Waals surface area (Å²) in [6, 6.07) is 0.315. The number of ketones is 1. The van der Waals surface area contributed by atoms with Gasteiger partial charge >= 0.3 is 6.09 Å². The zero-order valence-corrected chi connectivity index (χ0v) is 36.9. The molecule has 12 unspecified atom stereocenters. The van der Waals surface area contributed by atoms with E-state index >= 15 is 0 Å². The molecule has 1 N–H and O–H groups in total. The number of hydrogen-bond acceptors (Lipinski definition) is 10. The second-order valence-electron chi connectivity index (χ2n) is 20.8. The quantitative estimate of drug-likeness (QED) is 0.280. The summed E-state index contributed by atoms with van der Waals surface area (Å²) < 4.78 is 31.2. The second kappa shape index (κ2) is 15.8. The third kappa shape index (κ3) is 7.32. The van der Waals surface area contributed by atoms with Gasteiger partial charge in [0.25, 0.3) is 0 Å². The highest BCUT2D eigenvalue weighted by atomic mass is 16.7. The number of ether oxygens (including phenoxy) is 5.